The lowest BCUT2D eigenvalue weighted by Gasteiger charge is -2.08. The molecule has 0 atom stereocenters. The smallest absolute Gasteiger partial charge is 0.416 e. The Bertz CT molecular complexity index is 784. The van der Waals surface area contributed by atoms with Gasteiger partial charge in [0.05, 0.1) is 10.9 Å². The molecule has 3 nitrogen and oxygen atoms in total. The molecule has 96 valence electrons. The van der Waals surface area contributed by atoms with Gasteiger partial charge in [0.25, 0.3) is 5.52 Å². The van der Waals surface area contributed by atoms with Crippen LogP contribution in [-0.4, -0.2) is 5.10 Å². The average Bonchev–Trinajstić information content (AvgIpc) is 2.37. The molecule has 1 aromatic heterocycles. The highest BCUT2D eigenvalue weighted by Gasteiger charge is 2.31. The Hall–Kier alpha value is -2.37. The van der Waals surface area contributed by atoms with E-state index < -0.39 is 11.7 Å². The van der Waals surface area contributed by atoms with Crippen LogP contribution in [-0.2, 0) is 6.18 Å². The average molecular weight is 264 g/mol. The summed E-state index contributed by atoms with van der Waals surface area (Å²) in [6.45, 7) is 0. The highest BCUT2D eigenvalue weighted by Crippen LogP contribution is 2.31. The molecule has 0 N–H and O–H groups in total. The van der Waals surface area contributed by atoms with E-state index in [-0.39, 0.29) is 10.4 Å². The van der Waals surface area contributed by atoms with Gasteiger partial charge in [0.2, 0.25) is 0 Å². The summed E-state index contributed by atoms with van der Waals surface area (Å²) in [4.78, 5) is 0.229. The number of rotatable bonds is 0. The van der Waals surface area contributed by atoms with E-state index in [4.69, 9.17) is 0 Å². The fraction of sp³-hybridized carbons (Fsp3) is 0.0769. The van der Waals surface area contributed by atoms with Gasteiger partial charge in [0.1, 0.15) is 5.52 Å². The predicted octanol–water partition coefficient (Wildman–Crippen LogP) is 3.04. The van der Waals surface area contributed by atoms with Crippen molar-refractivity contribution in [2.75, 3.05) is 0 Å². The molecule has 1 heterocycles. The van der Waals surface area contributed by atoms with E-state index in [1.807, 2.05) is 0 Å². The van der Waals surface area contributed by atoms with Crippen LogP contribution in [0.4, 0.5) is 13.2 Å². The zero-order valence-electron chi connectivity index (χ0n) is 9.48. The Morgan fingerprint density at radius 3 is 2.47 bits per heavy atom. The lowest BCUT2D eigenvalue weighted by molar-refractivity contribution is -0.640. The van der Waals surface area contributed by atoms with Gasteiger partial charge in [-0.15, -0.1) is 0 Å². The second-order valence-corrected chi connectivity index (χ2v) is 4.12. The van der Waals surface area contributed by atoms with Crippen molar-refractivity contribution in [3.8, 4) is 0 Å². The first-order valence-electron chi connectivity index (χ1n) is 5.46. The summed E-state index contributed by atoms with van der Waals surface area (Å²) < 4.78 is 37.9. The Morgan fingerprint density at radius 1 is 1.00 bits per heavy atom. The van der Waals surface area contributed by atoms with E-state index >= 15 is 0 Å². The highest BCUT2D eigenvalue weighted by atomic mass is 19.4. The van der Waals surface area contributed by atoms with Crippen molar-refractivity contribution in [3.63, 3.8) is 0 Å². The van der Waals surface area contributed by atoms with E-state index in [9.17, 15) is 18.4 Å². The first-order chi connectivity index (χ1) is 8.97. The van der Waals surface area contributed by atoms with Crippen LogP contribution in [0, 0.1) is 5.21 Å². The summed E-state index contributed by atoms with van der Waals surface area (Å²) in [5.41, 5.74) is -0.500. The predicted molar refractivity (Wildman–Crippen MR) is 63.2 cm³/mol. The molecule has 0 unspecified atom stereocenters. The van der Waals surface area contributed by atoms with Crippen LogP contribution in [0.2, 0.25) is 0 Å². The molecule has 3 aromatic rings. The van der Waals surface area contributed by atoms with Crippen molar-refractivity contribution in [3.05, 3.63) is 53.2 Å². The molecule has 0 bridgehead atoms. The molecule has 0 aliphatic rings. The number of nitrogens with zero attached hydrogens (tertiary/aromatic N) is 2. The molecular weight excluding hydrogens is 257 g/mol. The molecule has 0 saturated heterocycles. The molecule has 3 rings (SSSR count). The van der Waals surface area contributed by atoms with E-state index in [1.54, 1.807) is 24.3 Å². The first kappa shape index (κ1) is 11.7. The molecule has 0 aliphatic carbocycles. The van der Waals surface area contributed by atoms with Crippen LogP contribution < -0.4 is 4.85 Å². The van der Waals surface area contributed by atoms with E-state index in [1.165, 1.54) is 6.07 Å². The SMILES string of the molecule is [O-][n+]1nc2ccccc2c2ccc(C(F)(F)F)cc21. The third kappa shape index (κ3) is 1.85. The summed E-state index contributed by atoms with van der Waals surface area (Å²) >= 11 is 0. The molecule has 0 amide bonds. The van der Waals surface area contributed by atoms with Crippen LogP contribution in [0.5, 0.6) is 0 Å². The van der Waals surface area contributed by atoms with E-state index in [0.717, 1.165) is 12.1 Å². The van der Waals surface area contributed by atoms with Gasteiger partial charge in [0.15, 0.2) is 0 Å². The fourth-order valence-electron chi connectivity index (χ4n) is 2.03. The molecule has 0 aliphatic heterocycles. The Labute approximate surface area is 105 Å². The third-order valence-corrected chi connectivity index (χ3v) is 2.92. The van der Waals surface area contributed by atoms with E-state index in [2.05, 4.69) is 5.10 Å². The minimum absolute atomic E-state index is 0.0893. The van der Waals surface area contributed by atoms with Gasteiger partial charge < -0.3 is 5.21 Å². The summed E-state index contributed by atoms with van der Waals surface area (Å²) in [7, 11) is 0. The van der Waals surface area contributed by atoms with Gasteiger partial charge >= 0.3 is 6.18 Å². The van der Waals surface area contributed by atoms with Gasteiger partial charge in [-0.25, -0.2) is 0 Å². The maximum absolute atomic E-state index is 12.6. The number of hydrogen-bond donors (Lipinski definition) is 0. The van der Waals surface area contributed by atoms with Gasteiger partial charge in [-0.05, 0) is 23.0 Å². The summed E-state index contributed by atoms with van der Waals surface area (Å²) in [5.74, 6) is 0. The zero-order valence-corrected chi connectivity index (χ0v) is 9.48. The molecule has 0 radical (unpaired) electrons. The van der Waals surface area contributed by atoms with Crippen LogP contribution in [0.3, 0.4) is 0 Å². The second-order valence-electron chi connectivity index (χ2n) is 4.12. The zero-order chi connectivity index (χ0) is 13.6. The van der Waals surface area contributed by atoms with Crippen molar-refractivity contribution in [1.29, 1.82) is 0 Å². The summed E-state index contributed by atoms with van der Waals surface area (Å²) in [5, 5.41) is 16.5. The Balaban J connectivity index is 2.42. The molecule has 2 aromatic carbocycles. The molecule has 0 saturated carbocycles. The van der Waals surface area contributed by atoms with Gasteiger partial charge in [-0.2, -0.15) is 13.2 Å². The van der Waals surface area contributed by atoms with Crippen molar-refractivity contribution in [1.82, 2.24) is 5.10 Å². The lowest BCUT2D eigenvalue weighted by Crippen LogP contribution is -2.32. The van der Waals surface area contributed by atoms with Crippen LogP contribution in [0.25, 0.3) is 21.8 Å². The molecule has 0 fully saturated rings. The Kier molecular flexibility index (Phi) is 2.35. The van der Waals surface area contributed by atoms with E-state index in [0.29, 0.717) is 16.3 Å². The van der Waals surface area contributed by atoms with Gasteiger partial charge in [-0.3, -0.25) is 0 Å². The molecular formula is C13H7F3N2O. The number of benzene rings is 2. The maximum atomic E-state index is 12.6. The number of aromatic nitrogens is 2. The molecule has 0 spiro atoms. The number of hydrogen-bond acceptors (Lipinski definition) is 2. The quantitative estimate of drug-likeness (QED) is 0.355. The number of halogens is 3. The normalized spacial score (nSPS) is 12.2. The van der Waals surface area contributed by atoms with Crippen molar-refractivity contribution in [2.24, 2.45) is 0 Å². The standard InChI is InChI=1S/C13H7F3N2O/c14-13(15,16)8-5-6-10-9-3-1-2-4-11(9)17-18(19)12(10)7-8/h1-7H. The van der Waals surface area contributed by atoms with Gasteiger partial charge in [-0.1, -0.05) is 18.2 Å². The Morgan fingerprint density at radius 2 is 1.74 bits per heavy atom. The van der Waals surface area contributed by atoms with Crippen LogP contribution >= 0.6 is 0 Å². The maximum Gasteiger partial charge on any atom is 0.416 e. The summed E-state index contributed by atoms with van der Waals surface area (Å²) in [6, 6.07) is 9.91. The topological polar surface area (TPSA) is 39.8 Å². The van der Waals surface area contributed by atoms with Gasteiger partial charge in [0, 0.05) is 16.6 Å². The molecule has 6 heteroatoms. The lowest BCUT2D eigenvalue weighted by atomic mass is 10.1. The number of fused-ring (bicyclic) bond motifs is 3. The minimum Gasteiger partial charge on any atom is -0.594 e. The second kappa shape index (κ2) is 3.81. The van der Waals surface area contributed by atoms with Crippen molar-refractivity contribution >= 4 is 21.8 Å². The minimum atomic E-state index is -4.48. The van der Waals surface area contributed by atoms with Crippen molar-refractivity contribution < 1.29 is 18.0 Å². The van der Waals surface area contributed by atoms with Crippen LogP contribution in [0.1, 0.15) is 5.56 Å². The third-order valence-electron chi connectivity index (χ3n) is 2.92. The molecule has 19 heavy (non-hydrogen) atoms. The van der Waals surface area contributed by atoms with Crippen LogP contribution in [0.15, 0.2) is 42.5 Å². The fourth-order valence-corrected chi connectivity index (χ4v) is 2.03. The van der Waals surface area contributed by atoms with Crippen molar-refractivity contribution in [2.45, 2.75) is 6.18 Å². The number of alkyl halides is 3. The highest BCUT2D eigenvalue weighted by molar-refractivity contribution is 6.02. The summed E-state index contributed by atoms with van der Waals surface area (Å²) in [6.07, 6.45) is -4.48. The monoisotopic (exact) mass is 264 g/mol. The first-order valence-corrected chi connectivity index (χ1v) is 5.46. The largest absolute Gasteiger partial charge is 0.594 e.